The molecule has 0 aliphatic rings. The lowest BCUT2D eigenvalue weighted by Crippen LogP contribution is -2.05. The molecule has 0 heterocycles. The van der Waals surface area contributed by atoms with Crippen LogP contribution in [0, 0.1) is 0 Å². The highest BCUT2D eigenvalue weighted by Crippen LogP contribution is 2.24. The molecule has 0 saturated heterocycles. The molecule has 0 bridgehead atoms. The molecule has 0 aromatic heterocycles. The van der Waals surface area contributed by atoms with Gasteiger partial charge in [0.05, 0.1) is 0 Å². The number of rotatable bonds is 2. The number of benzene rings is 1. The summed E-state index contributed by atoms with van der Waals surface area (Å²) in [6.45, 7) is 4.30. The van der Waals surface area contributed by atoms with E-state index in [1.54, 1.807) is 0 Å². The van der Waals surface area contributed by atoms with Crippen molar-refractivity contribution in [3.8, 4) is 0 Å². The maximum absolute atomic E-state index is 10.5. The van der Waals surface area contributed by atoms with Crippen molar-refractivity contribution >= 4 is 19.5 Å². The van der Waals surface area contributed by atoms with Crippen LogP contribution in [0.4, 0.5) is 0 Å². The third kappa shape index (κ3) is 1.87. The molecule has 1 rings (SSSR count). The van der Waals surface area contributed by atoms with E-state index in [9.17, 15) is 4.79 Å². The van der Waals surface area contributed by atoms with Crippen LogP contribution in [0.2, 0.25) is 0 Å². The fourth-order valence-corrected chi connectivity index (χ4v) is 2.02. The van der Waals surface area contributed by atoms with Crippen LogP contribution in [0.3, 0.4) is 0 Å². The molecule has 58 valence electrons. The molecule has 0 amide bonds. The summed E-state index contributed by atoms with van der Waals surface area (Å²) in [5, 5.41) is 1.19. The van der Waals surface area contributed by atoms with Crippen molar-refractivity contribution in [1.29, 1.82) is 0 Å². The predicted molar refractivity (Wildman–Crippen MR) is 50.2 cm³/mol. The molecular weight excluding hydrogens is 155 g/mol. The van der Waals surface area contributed by atoms with E-state index in [1.165, 1.54) is 5.30 Å². The van der Waals surface area contributed by atoms with Crippen molar-refractivity contribution in [2.45, 2.75) is 0 Å². The first kappa shape index (κ1) is 8.42. The van der Waals surface area contributed by atoms with E-state index in [4.69, 9.17) is 0 Å². The van der Waals surface area contributed by atoms with E-state index in [-0.39, 0.29) is 7.92 Å². The first-order valence-electron chi connectivity index (χ1n) is 3.47. The van der Waals surface area contributed by atoms with Gasteiger partial charge in [-0.15, -0.1) is 0 Å². The van der Waals surface area contributed by atoms with Gasteiger partial charge in [0, 0.05) is 5.56 Å². The summed E-state index contributed by atoms with van der Waals surface area (Å²) in [5.41, 5.74) is 0.837. The molecule has 0 atom stereocenters. The zero-order valence-electron chi connectivity index (χ0n) is 6.74. The highest BCUT2D eigenvalue weighted by atomic mass is 31.1. The van der Waals surface area contributed by atoms with Gasteiger partial charge >= 0.3 is 0 Å². The molecule has 0 spiro atoms. The van der Waals surface area contributed by atoms with Gasteiger partial charge in [-0.3, -0.25) is 4.79 Å². The molecule has 1 aromatic carbocycles. The van der Waals surface area contributed by atoms with E-state index in [0.717, 1.165) is 11.8 Å². The number of aldehydes is 1. The third-order valence-corrected chi connectivity index (χ3v) is 2.92. The molecule has 0 N–H and O–H groups in total. The molecule has 0 unspecified atom stereocenters. The lowest BCUT2D eigenvalue weighted by Gasteiger charge is -2.07. The fraction of sp³-hybridized carbons (Fsp3) is 0.222. The van der Waals surface area contributed by atoms with Gasteiger partial charge in [-0.05, 0) is 18.6 Å². The summed E-state index contributed by atoms with van der Waals surface area (Å²) < 4.78 is 0. The topological polar surface area (TPSA) is 17.1 Å². The second kappa shape index (κ2) is 3.64. The van der Waals surface area contributed by atoms with Crippen LogP contribution in [0.1, 0.15) is 10.4 Å². The Bertz CT molecular complexity index is 255. The van der Waals surface area contributed by atoms with Crippen molar-refractivity contribution in [2.24, 2.45) is 0 Å². The van der Waals surface area contributed by atoms with Gasteiger partial charge in [-0.1, -0.05) is 32.2 Å². The van der Waals surface area contributed by atoms with Crippen LogP contribution in [0.25, 0.3) is 0 Å². The van der Waals surface area contributed by atoms with E-state index in [2.05, 4.69) is 13.3 Å². The molecule has 2 heteroatoms. The summed E-state index contributed by atoms with van der Waals surface area (Å²) in [7, 11) is -0.153. The number of hydrogen-bond acceptors (Lipinski definition) is 1. The summed E-state index contributed by atoms with van der Waals surface area (Å²) >= 11 is 0. The molecule has 1 aromatic rings. The lowest BCUT2D eigenvalue weighted by atomic mass is 10.2. The van der Waals surface area contributed by atoms with Crippen LogP contribution in [0.5, 0.6) is 0 Å². The van der Waals surface area contributed by atoms with Gasteiger partial charge in [0.2, 0.25) is 0 Å². The summed E-state index contributed by atoms with van der Waals surface area (Å²) in [6.07, 6.45) is 0.928. The lowest BCUT2D eigenvalue weighted by molar-refractivity contribution is 0.112. The van der Waals surface area contributed by atoms with E-state index in [0.29, 0.717) is 0 Å². The Morgan fingerprint density at radius 1 is 1.27 bits per heavy atom. The van der Waals surface area contributed by atoms with Gasteiger partial charge in [0.1, 0.15) is 0 Å². The minimum Gasteiger partial charge on any atom is -0.298 e. The quantitative estimate of drug-likeness (QED) is 0.484. The zero-order valence-corrected chi connectivity index (χ0v) is 7.64. The van der Waals surface area contributed by atoms with E-state index >= 15 is 0 Å². The second-order valence-corrected chi connectivity index (χ2v) is 4.84. The zero-order chi connectivity index (χ0) is 8.27. The maximum atomic E-state index is 10.5. The highest BCUT2D eigenvalue weighted by Gasteiger charge is 2.02. The number of hydrogen-bond donors (Lipinski definition) is 0. The fourth-order valence-electron chi connectivity index (χ4n) is 0.994. The van der Waals surface area contributed by atoms with Crippen LogP contribution in [0.15, 0.2) is 24.3 Å². The first-order chi connectivity index (χ1) is 5.25. The second-order valence-electron chi connectivity index (χ2n) is 2.57. The monoisotopic (exact) mass is 166 g/mol. The van der Waals surface area contributed by atoms with Crippen molar-refractivity contribution in [3.05, 3.63) is 29.8 Å². The predicted octanol–water partition coefficient (Wildman–Crippen LogP) is 1.87. The van der Waals surface area contributed by atoms with Crippen LogP contribution in [-0.2, 0) is 0 Å². The highest BCUT2D eigenvalue weighted by molar-refractivity contribution is 7.64. The van der Waals surface area contributed by atoms with Crippen LogP contribution < -0.4 is 5.30 Å². The van der Waals surface area contributed by atoms with Crippen molar-refractivity contribution < 1.29 is 4.79 Å². The molecule has 0 fully saturated rings. The Morgan fingerprint density at radius 2 is 1.91 bits per heavy atom. The van der Waals surface area contributed by atoms with Gasteiger partial charge in [0.25, 0.3) is 0 Å². The Balaban J connectivity index is 3.12. The number of carbonyl (C=O) groups excluding carboxylic acids is 1. The van der Waals surface area contributed by atoms with Crippen LogP contribution in [-0.4, -0.2) is 19.6 Å². The Morgan fingerprint density at radius 3 is 2.36 bits per heavy atom. The minimum atomic E-state index is -0.153. The molecule has 0 aliphatic carbocycles. The van der Waals surface area contributed by atoms with E-state index in [1.807, 2.05) is 24.3 Å². The van der Waals surface area contributed by atoms with Gasteiger partial charge < -0.3 is 0 Å². The van der Waals surface area contributed by atoms with Gasteiger partial charge in [-0.25, -0.2) is 0 Å². The maximum Gasteiger partial charge on any atom is 0.150 e. The standard InChI is InChI=1S/C9H11OP/c1-11(2)9-6-4-3-5-8(9)7-10/h3-7H,1-2H3. The number of carbonyl (C=O) groups is 1. The Labute approximate surface area is 68.2 Å². The third-order valence-electron chi connectivity index (χ3n) is 1.55. The Kier molecular flexibility index (Phi) is 2.78. The first-order valence-corrected chi connectivity index (χ1v) is 5.71. The average molecular weight is 166 g/mol. The normalized spacial score (nSPS) is 10.1. The van der Waals surface area contributed by atoms with Crippen molar-refractivity contribution in [1.82, 2.24) is 0 Å². The van der Waals surface area contributed by atoms with Gasteiger partial charge in [-0.2, -0.15) is 0 Å². The molecule has 0 radical (unpaired) electrons. The van der Waals surface area contributed by atoms with Gasteiger partial charge in [0.15, 0.2) is 6.29 Å². The molecule has 11 heavy (non-hydrogen) atoms. The largest absolute Gasteiger partial charge is 0.298 e. The Hall–Kier alpha value is -0.680. The smallest absolute Gasteiger partial charge is 0.150 e. The van der Waals surface area contributed by atoms with Crippen molar-refractivity contribution in [2.75, 3.05) is 13.3 Å². The summed E-state index contributed by atoms with van der Waals surface area (Å²) in [4.78, 5) is 10.5. The molecular formula is C9H11OP. The SMILES string of the molecule is CP(C)c1ccccc1C=O. The minimum absolute atomic E-state index is 0.153. The molecule has 0 saturated carbocycles. The van der Waals surface area contributed by atoms with Crippen molar-refractivity contribution in [3.63, 3.8) is 0 Å². The average Bonchev–Trinajstić information content (AvgIpc) is 2.04. The summed E-state index contributed by atoms with van der Waals surface area (Å²) in [6, 6.07) is 7.76. The summed E-state index contributed by atoms with van der Waals surface area (Å²) in [5.74, 6) is 0. The van der Waals surface area contributed by atoms with Crippen LogP contribution >= 0.6 is 7.92 Å². The molecule has 0 aliphatic heterocycles. The van der Waals surface area contributed by atoms with E-state index < -0.39 is 0 Å². The molecule has 1 nitrogen and oxygen atoms in total.